The quantitative estimate of drug-likeness (QED) is 0.635. The van der Waals surface area contributed by atoms with E-state index in [4.69, 9.17) is 5.73 Å². The minimum Gasteiger partial charge on any atom is -0.466 e. The van der Waals surface area contributed by atoms with E-state index in [-0.39, 0.29) is 5.97 Å². The lowest BCUT2D eigenvalue weighted by Crippen LogP contribution is -1.95. The summed E-state index contributed by atoms with van der Waals surface area (Å²) in [5.41, 5.74) is 5.14. The highest BCUT2D eigenvalue weighted by Crippen LogP contribution is 1.77. The van der Waals surface area contributed by atoms with Gasteiger partial charge in [-0.25, -0.2) is 0 Å². The molecule has 0 aliphatic carbocycles. The number of rotatable bonds is 3. The lowest BCUT2D eigenvalue weighted by Gasteiger charge is -1.89. The van der Waals surface area contributed by atoms with E-state index in [0.717, 1.165) is 6.54 Å². The van der Waals surface area contributed by atoms with Crippen LogP contribution < -0.4 is 5.73 Å². The Hall–Kier alpha value is -0.570. The highest BCUT2D eigenvalue weighted by Gasteiger charge is 1.81. The van der Waals surface area contributed by atoms with Crippen molar-refractivity contribution in [3.05, 3.63) is 0 Å². The molecular weight excluding hydrogens is 142 g/mol. The summed E-state index contributed by atoms with van der Waals surface area (Å²) in [7, 11) is 0. The van der Waals surface area contributed by atoms with Crippen molar-refractivity contribution < 1.29 is 9.53 Å². The maximum Gasteiger partial charge on any atom is 0.302 e. The van der Waals surface area contributed by atoms with Crippen LogP contribution >= 0.6 is 0 Å². The van der Waals surface area contributed by atoms with Gasteiger partial charge in [0.25, 0.3) is 0 Å². The third kappa shape index (κ3) is 26.5. The number of carbonyl (C=O) groups is 1. The lowest BCUT2D eigenvalue weighted by molar-refractivity contribution is -0.140. The van der Waals surface area contributed by atoms with E-state index in [9.17, 15) is 4.79 Å². The summed E-state index contributed by atoms with van der Waals surface area (Å²) in [4.78, 5) is 9.82. The number of nitrogens with two attached hydrogens (primary N) is 1. The number of hydrogen-bond acceptors (Lipinski definition) is 3. The fourth-order valence-corrected chi connectivity index (χ4v) is 0.407. The topological polar surface area (TPSA) is 52.3 Å². The van der Waals surface area contributed by atoms with Crippen LogP contribution in [0.5, 0.6) is 0 Å². The third-order valence-corrected chi connectivity index (χ3v) is 0.905. The molecule has 68 valence electrons. The standard InChI is InChI=1S/C4H11N.C4H8O2/c1-2-3-4-5;1-3-6-4(2)5/h2-5H2,1H3;3H2,1-2H3. The Morgan fingerprint density at radius 3 is 2.00 bits per heavy atom. The maximum atomic E-state index is 9.82. The molecule has 0 aromatic carbocycles. The molecule has 0 unspecified atom stereocenters. The fraction of sp³-hybridized carbons (Fsp3) is 0.875. The van der Waals surface area contributed by atoms with Crippen molar-refractivity contribution in [2.24, 2.45) is 5.73 Å². The lowest BCUT2D eigenvalue weighted by atomic mass is 10.3. The summed E-state index contributed by atoms with van der Waals surface area (Å²) < 4.78 is 4.40. The molecule has 0 atom stereocenters. The van der Waals surface area contributed by atoms with Crippen LogP contribution in [0.3, 0.4) is 0 Å². The van der Waals surface area contributed by atoms with E-state index in [0.29, 0.717) is 6.61 Å². The van der Waals surface area contributed by atoms with Crippen LogP contribution in [0, 0.1) is 0 Å². The average Bonchev–Trinajstić information content (AvgIpc) is 1.90. The van der Waals surface area contributed by atoms with Gasteiger partial charge in [0.2, 0.25) is 0 Å². The van der Waals surface area contributed by atoms with E-state index in [1.807, 2.05) is 0 Å². The number of esters is 1. The second kappa shape index (κ2) is 12.1. The molecule has 0 amide bonds. The van der Waals surface area contributed by atoms with Crippen molar-refractivity contribution in [2.45, 2.75) is 33.6 Å². The molecule has 3 nitrogen and oxygen atoms in total. The first-order chi connectivity index (χ1) is 5.18. The molecule has 3 heteroatoms. The van der Waals surface area contributed by atoms with Gasteiger partial charge >= 0.3 is 5.97 Å². The summed E-state index contributed by atoms with van der Waals surface area (Å²) in [6.07, 6.45) is 2.39. The maximum absolute atomic E-state index is 9.82. The first-order valence-electron chi connectivity index (χ1n) is 4.02. The van der Waals surface area contributed by atoms with Gasteiger partial charge in [-0.15, -0.1) is 0 Å². The Morgan fingerprint density at radius 2 is 2.00 bits per heavy atom. The summed E-state index contributed by atoms with van der Waals surface area (Å²) in [6, 6.07) is 0. The largest absolute Gasteiger partial charge is 0.466 e. The predicted molar refractivity (Wildman–Crippen MR) is 46.3 cm³/mol. The van der Waals surface area contributed by atoms with E-state index in [1.54, 1.807) is 6.92 Å². The van der Waals surface area contributed by atoms with Crippen molar-refractivity contribution in [1.82, 2.24) is 0 Å². The number of ether oxygens (including phenoxy) is 1. The molecule has 2 N–H and O–H groups in total. The number of carbonyl (C=O) groups excluding carboxylic acids is 1. The van der Waals surface area contributed by atoms with Gasteiger partial charge in [0, 0.05) is 6.92 Å². The molecule has 0 aromatic heterocycles. The third-order valence-electron chi connectivity index (χ3n) is 0.905. The highest BCUT2D eigenvalue weighted by atomic mass is 16.5. The van der Waals surface area contributed by atoms with Crippen molar-refractivity contribution in [1.29, 1.82) is 0 Å². The van der Waals surface area contributed by atoms with E-state index >= 15 is 0 Å². The minimum atomic E-state index is -0.211. The van der Waals surface area contributed by atoms with Crippen molar-refractivity contribution >= 4 is 5.97 Å². The average molecular weight is 161 g/mol. The zero-order valence-electron chi connectivity index (χ0n) is 7.72. The SMILES string of the molecule is CCCCN.CCOC(C)=O. The Kier molecular flexibility index (Phi) is 14.4. The molecule has 0 spiro atoms. The first-order valence-corrected chi connectivity index (χ1v) is 4.02. The van der Waals surface area contributed by atoms with Gasteiger partial charge in [0.1, 0.15) is 0 Å². The molecule has 0 rings (SSSR count). The summed E-state index contributed by atoms with van der Waals surface area (Å²) in [5, 5.41) is 0. The van der Waals surface area contributed by atoms with Crippen molar-refractivity contribution in [3.8, 4) is 0 Å². The van der Waals surface area contributed by atoms with Gasteiger partial charge in [0.05, 0.1) is 6.61 Å². The molecule has 0 saturated heterocycles. The Labute approximate surface area is 68.9 Å². The molecule has 0 heterocycles. The van der Waals surface area contributed by atoms with Gasteiger partial charge < -0.3 is 10.5 Å². The summed E-state index contributed by atoms with van der Waals surface area (Å²) >= 11 is 0. The molecule has 0 saturated carbocycles. The van der Waals surface area contributed by atoms with E-state index in [1.165, 1.54) is 19.8 Å². The molecule has 0 aliphatic heterocycles. The van der Waals surface area contributed by atoms with Crippen LogP contribution in [0.15, 0.2) is 0 Å². The Morgan fingerprint density at radius 1 is 1.45 bits per heavy atom. The Balaban J connectivity index is 0. The van der Waals surface area contributed by atoms with E-state index < -0.39 is 0 Å². The van der Waals surface area contributed by atoms with Crippen LogP contribution in [-0.4, -0.2) is 19.1 Å². The smallest absolute Gasteiger partial charge is 0.302 e. The normalized spacial score (nSPS) is 8.00. The molecule has 0 bridgehead atoms. The summed E-state index contributed by atoms with van der Waals surface area (Å²) in [6.45, 7) is 6.63. The van der Waals surface area contributed by atoms with Crippen LogP contribution in [-0.2, 0) is 9.53 Å². The van der Waals surface area contributed by atoms with Gasteiger partial charge in [-0.3, -0.25) is 4.79 Å². The zero-order chi connectivity index (χ0) is 9.11. The van der Waals surface area contributed by atoms with Crippen LogP contribution in [0.1, 0.15) is 33.6 Å². The highest BCUT2D eigenvalue weighted by molar-refractivity contribution is 5.65. The fourth-order valence-electron chi connectivity index (χ4n) is 0.407. The van der Waals surface area contributed by atoms with Gasteiger partial charge in [-0.1, -0.05) is 13.3 Å². The molecular formula is C8H19NO2. The van der Waals surface area contributed by atoms with Crippen molar-refractivity contribution in [2.75, 3.05) is 13.2 Å². The van der Waals surface area contributed by atoms with Crippen LogP contribution in [0.2, 0.25) is 0 Å². The second-order valence-electron chi connectivity index (χ2n) is 2.07. The van der Waals surface area contributed by atoms with Crippen LogP contribution in [0.4, 0.5) is 0 Å². The van der Waals surface area contributed by atoms with Crippen molar-refractivity contribution in [3.63, 3.8) is 0 Å². The van der Waals surface area contributed by atoms with Crippen LogP contribution in [0.25, 0.3) is 0 Å². The Bertz CT molecular complexity index is 82.2. The molecule has 0 aliphatic rings. The van der Waals surface area contributed by atoms with E-state index in [2.05, 4.69) is 11.7 Å². The summed E-state index contributed by atoms with van der Waals surface area (Å²) in [5.74, 6) is -0.211. The molecule has 0 radical (unpaired) electrons. The zero-order valence-corrected chi connectivity index (χ0v) is 7.72. The first kappa shape index (κ1) is 13.1. The minimum absolute atomic E-state index is 0.211. The number of unbranched alkanes of at least 4 members (excludes halogenated alkanes) is 1. The molecule has 0 aromatic rings. The predicted octanol–water partition coefficient (Wildman–Crippen LogP) is 1.31. The monoisotopic (exact) mass is 161 g/mol. The molecule has 11 heavy (non-hydrogen) atoms. The van der Waals surface area contributed by atoms with Gasteiger partial charge in [-0.2, -0.15) is 0 Å². The van der Waals surface area contributed by atoms with Gasteiger partial charge in [-0.05, 0) is 19.9 Å². The second-order valence-corrected chi connectivity index (χ2v) is 2.07. The number of hydrogen-bond donors (Lipinski definition) is 1. The van der Waals surface area contributed by atoms with Gasteiger partial charge in [0.15, 0.2) is 0 Å². The molecule has 0 fully saturated rings.